The van der Waals surface area contributed by atoms with Crippen molar-refractivity contribution >= 4 is 23.5 Å². The summed E-state index contributed by atoms with van der Waals surface area (Å²) in [5, 5.41) is 0. The highest BCUT2D eigenvalue weighted by molar-refractivity contribution is 6.22. The van der Waals surface area contributed by atoms with Gasteiger partial charge in [0.25, 0.3) is 0 Å². The largest absolute Gasteiger partial charge is 0.423 e. The second-order valence-electron chi connectivity index (χ2n) is 7.03. The summed E-state index contributed by atoms with van der Waals surface area (Å²) in [7, 11) is 0. The van der Waals surface area contributed by atoms with E-state index in [4.69, 9.17) is 4.74 Å². The zero-order valence-electron chi connectivity index (χ0n) is 15.2. The van der Waals surface area contributed by atoms with E-state index in [0.29, 0.717) is 12.1 Å². The molecule has 1 fully saturated rings. The highest BCUT2D eigenvalue weighted by atomic mass is 19.1. The highest BCUT2D eigenvalue weighted by Crippen LogP contribution is 2.40. The Morgan fingerprint density at radius 2 is 1.89 bits per heavy atom. The van der Waals surface area contributed by atoms with Gasteiger partial charge in [0, 0.05) is 6.07 Å². The van der Waals surface area contributed by atoms with Crippen molar-refractivity contribution in [2.45, 2.75) is 13.3 Å². The van der Waals surface area contributed by atoms with Crippen LogP contribution in [0.5, 0.6) is 5.75 Å². The fraction of sp³-hybridized carbons (Fsp3) is 0.227. The molecule has 2 aliphatic rings. The molecular formula is C22H18FNO4. The number of esters is 1. The van der Waals surface area contributed by atoms with Gasteiger partial charge in [-0.05, 0) is 36.6 Å². The number of carbonyl (C=O) groups is 3. The molecular weight excluding hydrogens is 361 g/mol. The van der Waals surface area contributed by atoms with E-state index in [9.17, 15) is 18.8 Å². The molecule has 28 heavy (non-hydrogen) atoms. The number of halogens is 1. The smallest absolute Gasteiger partial charge is 0.346 e. The van der Waals surface area contributed by atoms with Crippen LogP contribution in [0.3, 0.4) is 0 Å². The number of fused-ring (bicyclic) bond motifs is 1. The Hall–Kier alpha value is -3.28. The Kier molecular flexibility index (Phi) is 4.55. The molecule has 0 saturated carbocycles. The predicted octanol–water partition coefficient (Wildman–Crippen LogP) is 3.75. The minimum atomic E-state index is -0.846. The van der Waals surface area contributed by atoms with E-state index < -0.39 is 11.8 Å². The van der Waals surface area contributed by atoms with E-state index in [1.54, 1.807) is 12.1 Å². The molecule has 1 aliphatic carbocycles. The zero-order valence-corrected chi connectivity index (χ0v) is 15.2. The summed E-state index contributed by atoms with van der Waals surface area (Å²) >= 11 is 0. The number of nitrogens with zero attached hydrogens (tertiary/aromatic N) is 1. The number of allylic oxidation sites excluding steroid dienone is 2. The average molecular weight is 379 g/mol. The van der Waals surface area contributed by atoms with Crippen LogP contribution in [0.15, 0.2) is 60.7 Å². The van der Waals surface area contributed by atoms with E-state index in [0.717, 1.165) is 0 Å². The Morgan fingerprint density at radius 1 is 1.11 bits per heavy atom. The summed E-state index contributed by atoms with van der Waals surface area (Å²) in [4.78, 5) is 39.1. The van der Waals surface area contributed by atoms with Crippen molar-refractivity contribution in [1.29, 1.82) is 0 Å². The summed E-state index contributed by atoms with van der Waals surface area (Å²) in [6, 6.07) is 11.7. The van der Waals surface area contributed by atoms with Gasteiger partial charge in [0.05, 0.1) is 23.1 Å². The van der Waals surface area contributed by atoms with Gasteiger partial charge in [0.15, 0.2) is 0 Å². The fourth-order valence-corrected chi connectivity index (χ4v) is 3.88. The summed E-state index contributed by atoms with van der Waals surface area (Å²) in [5.41, 5.74) is 0.155. The van der Waals surface area contributed by atoms with Crippen molar-refractivity contribution in [2.24, 2.45) is 17.8 Å². The van der Waals surface area contributed by atoms with Gasteiger partial charge in [-0.1, -0.05) is 37.3 Å². The minimum absolute atomic E-state index is 0.0118. The second-order valence-corrected chi connectivity index (χ2v) is 7.03. The van der Waals surface area contributed by atoms with Gasteiger partial charge in [-0.3, -0.25) is 9.59 Å². The summed E-state index contributed by atoms with van der Waals surface area (Å²) in [5.74, 6) is -2.64. The molecule has 0 spiro atoms. The summed E-state index contributed by atoms with van der Waals surface area (Å²) in [6.45, 7) is 1.93. The number of rotatable bonds is 3. The first-order chi connectivity index (χ1) is 13.5. The van der Waals surface area contributed by atoms with Gasteiger partial charge in [-0.15, -0.1) is 0 Å². The van der Waals surface area contributed by atoms with Crippen molar-refractivity contribution in [3.05, 3.63) is 72.1 Å². The number of imide groups is 1. The van der Waals surface area contributed by atoms with Gasteiger partial charge in [-0.2, -0.15) is 0 Å². The van der Waals surface area contributed by atoms with Crippen LogP contribution in [-0.4, -0.2) is 17.8 Å². The zero-order chi connectivity index (χ0) is 19.8. The lowest BCUT2D eigenvalue weighted by atomic mass is 9.78. The van der Waals surface area contributed by atoms with Crippen LogP contribution in [0.25, 0.3) is 0 Å². The normalized spacial score (nSPS) is 23.6. The van der Waals surface area contributed by atoms with Crippen molar-refractivity contribution < 1.29 is 23.5 Å². The van der Waals surface area contributed by atoms with Crippen LogP contribution in [0.2, 0.25) is 0 Å². The molecule has 1 aliphatic heterocycles. The SMILES string of the molecule is C[C@@H]1C=CC[C@H]2C(=O)N(c3cccc(OC(=O)c4ccccc4F)c3)C(=O)[C@@H]12. The number of anilines is 1. The average Bonchev–Trinajstić information content (AvgIpc) is 2.94. The Labute approximate surface area is 161 Å². The van der Waals surface area contributed by atoms with Gasteiger partial charge in [-0.25, -0.2) is 14.1 Å². The van der Waals surface area contributed by atoms with E-state index in [-0.39, 0.29) is 40.9 Å². The topological polar surface area (TPSA) is 63.7 Å². The molecule has 0 radical (unpaired) electrons. The maximum atomic E-state index is 13.8. The molecule has 2 aromatic carbocycles. The number of hydrogen-bond donors (Lipinski definition) is 0. The van der Waals surface area contributed by atoms with Gasteiger partial charge < -0.3 is 4.74 Å². The van der Waals surface area contributed by atoms with Crippen LogP contribution in [0.4, 0.5) is 10.1 Å². The van der Waals surface area contributed by atoms with Crippen LogP contribution in [0.1, 0.15) is 23.7 Å². The molecule has 6 heteroatoms. The summed E-state index contributed by atoms with van der Waals surface area (Å²) in [6.07, 6.45) is 4.44. The van der Waals surface area contributed by atoms with Crippen molar-refractivity contribution in [3.63, 3.8) is 0 Å². The van der Waals surface area contributed by atoms with Crippen LogP contribution < -0.4 is 9.64 Å². The first kappa shape index (κ1) is 18.1. The van der Waals surface area contributed by atoms with E-state index >= 15 is 0 Å². The van der Waals surface area contributed by atoms with Crippen LogP contribution in [-0.2, 0) is 9.59 Å². The number of ether oxygens (including phenoxy) is 1. The third-order valence-electron chi connectivity index (χ3n) is 5.25. The van der Waals surface area contributed by atoms with Crippen molar-refractivity contribution in [3.8, 4) is 5.75 Å². The minimum Gasteiger partial charge on any atom is -0.423 e. The molecule has 0 N–H and O–H groups in total. The van der Waals surface area contributed by atoms with Crippen LogP contribution >= 0.6 is 0 Å². The molecule has 3 atom stereocenters. The maximum Gasteiger partial charge on any atom is 0.346 e. The molecule has 1 saturated heterocycles. The predicted molar refractivity (Wildman–Crippen MR) is 100 cm³/mol. The Bertz CT molecular complexity index is 1000. The number of benzene rings is 2. The molecule has 0 bridgehead atoms. The van der Waals surface area contributed by atoms with Gasteiger partial charge in [0.1, 0.15) is 11.6 Å². The highest BCUT2D eigenvalue weighted by Gasteiger charge is 2.50. The number of amides is 2. The molecule has 5 nitrogen and oxygen atoms in total. The molecule has 0 unspecified atom stereocenters. The van der Waals surface area contributed by atoms with Crippen LogP contribution in [0, 0.1) is 23.6 Å². The molecule has 2 amide bonds. The Balaban J connectivity index is 1.59. The van der Waals surface area contributed by atoms with Gasteiger partial charge >= 0.3 is 5.97 Å². The standard InChI is InChI=1S/C22H18FNO4/c1-13-6-4-10-17-19(13)21(26)24(20(17)25)14-7-5-8-15(12-14)28-22(27)16-9-2-3-11-18(16)23/h2-9,11-13,17,19H,10H2,1H3/t13-,17-,19+/m1/s1. The lowest BCUT2D eigenvalue weighted by Gasteiger charge is -2.22. The first-order valence-electron chi connectivity index (χ1n) is 9.08. The first-order valence-corrected chi connectivity index (χ1v) is 9.08. The number of carbonyl (C=O) groups excluding carboxylic acids is 3. The maximum absolute atomic E-state index is 13.8. The van der Waals surface area contributed by atoms with Crippen molar-refractivity contribution in [2.75, 3.05) is 4.90 Å². The lowest BCUT2D eigenvalue weighted by molar-refractivity contribution is -0.122. The Morgan fingerprint density at radius 3 is 2.64 bits per heavy atom. The van der Waals surface area contributed by atoms with E-state index in [2.05, 4.69) is 0 Å². The third kappa shape index (κ3) is 3.01. The lowest BCUT2D eigenvalue weighted by Crippen LogP contribution is -2.31. The monoisotopic (exact) mass is 379 g/mol. The second kappa shape index (κ2) is 7.03. The molecule has 2 aromatic rings. The van der Waals surface area contributed by atoms with E-state index in [1.165, 1.54) is 41.3 Å². The van der Waals surface area contributed by atoms with E-state index in [1.807, 2.05) is 19.1 Å². The fourth-order valence-electron chi connectivity index (χ4n) is 3.88. The molecule has 4 rings (SSSR count). The van der Waals surface area contributed by atoms with Gasteiger partial charge in [0.2, 0.25) is 11.8 Å². The summed E-state index contributed by atoms with van der Waals surface area (Å²) < 4.78 is 19.0. The molecule has 142 valence electrons. The third-order valence-corrected chi connectivity index (χ3v) is 5.25. The van der Waals surface area contributed by atoms with Crippen molar-refractivity contribution in [1.82, 2.24) is 0 Å². The quantitative estimate of drug-likeness (QED) is 0.353. The molecule has 1 heterocycles. The number of hydrogen-bond acceptors (Lipinski definition) is 4. The molecule has 0 aromatic heterocycles.